The molecule has 0 spiro atoms. The fourth-order valence-corrected chi connectivity index (χ4v) is 4.70. The number of benzene rings is 2. The van der Waals surface area contributed by atoms with Gasteiger partial charge in [-0.1, -0.05) is 37.3 Å². The van der Waals surface area contributed by atoms with E-state index in [0.717, 1.165) is 16.7 Å². The van der Waals surface area contributed by atoms with Crippen LogP contribution >= 0.6 is 0 Å². The molecule has 1 saturated carbocycles. The smallest absolute Gasteiger partial charge is 0.329 e. The number of nitrogens with one attached hydrogen (secondary N) is 1. The van der Waals surface area contributed by atoms with Gasteiger partial charge in [0.1, 0.15) is 22.6 Å². The topological polar surface area (TPSA) is 114 Å². The van der Waals surface area contributed by atoms with E-state index in [2.05, 4.69) is 5.32 Å². The van der Waals surface area contributed by atoms with Crippen LogP contribution in [-0.2, 0) is 22.6 Å². The average molecular weight is 541 g/mol. The van der Waals surface area contributed by atoms with Crippen molar-refractivity contribution in [2.75, 3.05) is 26.4 Å². The van der Waals surface area contributed by atoms with Crippen LogP contribution in [0.3, 0.4) is 0 Å². The number of hydrogen-bond donors (Lipinski definition) is 2. The highest BCUT2D eigenvalue weighted by atomic mass is 16.5. The Balaban J connectivity index is 1.97. The normalized spacial score (nSPS) is 14.3. The number of rotatable bonds is 15. The Morgan fingerprint density at radius 3 is 2.28 bits per heavy atom. The summed E-state index contributed by atoms with van der Waals surface area (Å²) in [7, 11) is 0. The lowest BCUT2D eigenvalue weighted by atomic mass is 9.92. The Labute approximate surface area is 230 Å². The minimum atomic E-state index is -1.24. The zero-order valence-electron chi connectivity index (χ0n) is 23.5. The Kier molecular flexibility index (Phi) is 10.3. The van der Waals surface area contributed by atoms with Gasteiger partial charge in [-0.2, -0.15) is 0 Å². The van der Waals surface area contributed by atoms with Gasteiger partial charge in [-0.05, 0) is 64.2 Å². The monoisotopic (exact) mass is 540 g/mol. The van der Waals surface area contributed by atoms with Crippen LogP contribution < -0.4 is 14.8 Å². The Morgan fingerprint density at radius 2 is 1.74 bits per heavy atom. The van der Waals surface area contributed by atoms with Gasteiger partial charge in [-0.25, -0.2) is 9.59 Å². The third-order valence-electron chi connectivity index (χ3n) is 6.95. The SMILES string of the molecule is CCOc1cc(C(C)N(CCOCc2ccccc2)C(=O)NC2(C(=O)O)CC2)c(CC)c(OCC)c1C(C)=O. The number of urea groups is 1. The van der Waals surface area contributed by atoms with Crippen molar-refractivity contribution in [3.8, 4) is 11.5 Å². The zero-order chi connectivity index (χ0) is 28.6. The highest BCUT2D eigenvalue weighted by Gasteiger charge is 2.52. The Hall–Kier alpha value is -3.59. The highest BCUT2D eigenvalue weighted by molar-refractivity contribution is 6.00. The molecule has 2 N–H and O–H groups in total. The molecule has 1 atom stereocenters. The number of nitrogens with zero attached hydrogens (tertiary/aromatic N) is 1. The molecule has 1 aliphatic carbocycles. The van der Waals surface area contributed by atoms with Crippen LogP contribution in [0, 0.1) is 0 Å². The van der Waals surface area contributed by atoms with Gasteiger partial charge in [-0.3, -0.25) is 4.79 Å². The van der Waals surface area contributed by atoms with Gasteiger partial charge in [0.2, 0.25) is 0 Å². The third-order valence-corrected chi connectivity index (χ3v) is 6.95. The highest BCUT2D eigenvalue weighted by Crippen LogP contribution is 2.41. The molecule has 212 valence electrons. The molecule has 39 heavy (non-hydrogen) atoms. The number of carboxylic acid groups (broad SMARTS) is 1. The molecular formula is C30H40N2O7. The predicted octanol–water partition coefficient (Wildman–Crippen LogP) is 5.16. The van der Waals surface area contributed by atoms with Crippen molar-refractivity contribution in [3.63, 3.8) is 0 Å². The molecule has 9 heteroatoms. The number of carboxylic acids is 1. The standard InChI is InChI=1S/C30H40N2O7/c1-6-23-24(18-25(38-7-2)26(21(5)33)27(23)39-8-3)20(4)32(29(36)31-30(14-15-30)28(34)35)16-17-37-19-22-12-10-9-11-13-22/h9-13,18,20H,6-8,14-17,19H2,1-5H3,(H,31,36)(H,34,35). The molecule has 1 aliphatic rings. The maximum atomic E-state index is 13.6. The minimum Gasteiger partial charge on any atom is -0.493 e. The number of amides is 2. The van der Waals surface area contributed by atoms with Gasteiger partial charge < -0.3 is 29.5 Å². The number of aliphatic carboxylic acids is 1. The molecular weight excluding hydrogens is 500 g/mol. The third kappa shape index (κ3) is 7.09. The molecule has 0 bridgehead atoms. The van der Waals surface area contributed by atoms with Gasteiger partial charge in [0.25, 0.3) is 0 Å². The largest absolute Gasteiger partial charge is 0.493 e. The van der Waals surface area contributed by atoms with Crippen molar-refractivity contribution in [1.82, 2.24) is 10.2 Å². The fraction of sp³-hybridized carbons (Fsp3) is 0.500. The van der Waals surface area contributed by atoms with Crippen LogP contribution in [-0.4, -0.2) is 59.7 Å². The van der Waals surface area contributed by atoms with Crippen LogP contribution in [0.2, 0.25) is 0 Å². The van der Waals surface area contributed by atoms with E-state index in [9.17, 15) is 19.5 Å². The first-order valence-corrected chi connectivity index (χ1v) is 13.6. The summed E-state index contributed by atoms with van der Waals surface area (Å²) < 4.78 is 17.7. The van der Waals surface area contributed by atoms with E-state index in [1.54, 1.807) is 11.0 Å². The summed E-state index contributed by atoms with van der Waals surface area (Å²) >= 11 is 0. The summed E-state index contributed by atoms with van der Waals surface area (Å²) in [6.07, 6.45) is 1.33. The summed E-state index contributed by atoms with van der Waals surface area (Å²) in [4.78, 5) is 39.6. The first kappa shape index (κ1) is 30.0. The van der Waals surface area contributed by atoms with Gasteiger partial charge >= 0.3 is 12.0 Å². The molecule has 0 radical (unpaired) electrons. The second-order valence-electron chi connectivity index (χ2n) is 9.65. The van der Waals surface area contributed by atoms with Crippen molar-refractivity contribution in [2.24, 2.45) is 0 Å². The number of ether oxygens (including phenoxy) is 3. The zero-order valence-corrected chi connectivity index (χ0v) is 23.5. The van der Waals surface area contributed by atoms with E-state index in [1.165, 1.54) is 6.92 Å². The molecule has 0 heterocycles. The van der Waals surface area contributed by atoms with E-state index in [0.29, 0.717) is 56.1 Å². The Morgan fingerprint density at radius 1 is 1.08 bits per heavy atom. The summed E-state index contributed by atoms with van der Waals surface area (Å²) in [6.45, 7) is 10.6. The number of carbonyl (C=O) groups is 3. The van der Waals surface area contributed by atoms with Gasteiger partial charge in [0, 0.05) is 12.1 Å². The quantitative estimate of drug-likeness (QED) is 0.237. The molecule has 1 fully saturated rings. The second kappa shape index (κ2) is 13.5. The maximum Gasteiger partial charge on any atom is 0.329 e. The molecule has 3 rings (SSSR count). The van der Waals surface area contributed by atoms with E-state index < -0.39 is 23.6 Å². The number of carbonyl (C=O) groups excluding carboxylic acids is 2. The first-order chi connectivity index (χ1) is 18.7. The van der Waals surface area contributed by atoms with Gasteiger partial charge in [0.05, 0.1) is 32.5 Å². The van der Waals surface area contributed by atoms with Crippen molar-refractivity contribution in [2.45, 2.75) is 72.1 Å². The van der Waals surface area contributed by atoms with Crippen molar-refractivity contribution in [3.05, 3.63) is 58.7 Å². The van der Waals surface area contributed by atoms with Crippen LogP contribution in [0.15, 0.2) is 36.4 Å². The van der Waals surface area contributed by atoms with Crippen LogP contribution in [0.4, 0.5) is 4.79 Å². The lowest BCUT2D eigenvalue weighted by Crippen LogP contribution is -2.51. The number of Topliss-reactive ketones (excluding diaryl/α,β-unsaturated/α-hetero) is 1. The van der Waals surface area contributed by atoms with Crippen LogP contribution in [0.1, 0.15) is 80.6 Å². The second-order valence-corrected chi connectivity index (χ2v) is 9.65. The molecule has 0 aliphatic heterocycles. The van der Waals surface area contributed by atoms with Crippen LogP contribution in [0.5, 0.6) is 11.5 Å². The maximum absolute atomic E-state index is 13.6. The summed E-state index contributed by atoms with van der Waals surface area (Å²) in [5.41, 5.74) is 1.74. The Bertz CT molecular complexity index is 1160. The fourth-order valence-electron chi connectivity index (χ4n) is 4.70. The number of hydrogen-bond acceptors (Lipinski definition) is 6. The first-order valence-electron chi connectivity index (χ1n) is 13.6. The van der Waals surface area contributed by atoms with Crippen molar-refractivity contribution in [1.29, 1.82) is 0 Å². The minimum absolute atomic E-state index is 0.170. The molecule has 9 nitrogen and oxygen atoms in total. The van der Waals surface area contributed by atoms with E-state index in [1.807, 2.05) is 58.0 Å². The summed E-state index contributed by atoms with van der Waals surface area (Å²) in [6, 6.07) is 10.6. The molecule has 2 amide bonds. The van der Waals surface area contributed by atoms with E-state index >= 15 is 0 Å². The lowest BCUT2D eigenvalue weighted by Gasteiger charge is -2.33. The molecule has 1 unspecified atom stereocenters. The molecule has 0 saturated heterocycles. The number of ketones is 1. The average Bonchev–Trinajstić information content (AvgIpc) is 3.69. The van der Waals surface area contributed by atoms with E-state index in [4.69, 9.17) is 14.2 Å². The predicted molar refractivity (Wildman–Crippen MR) is 148 cm³/mol. The van der Waals surface area contributed by atoms with Crippen molar-refractivity contribution >= 4 is 17.8 Å². The summed E-state index contributed by atoms with van der Waals surface area (Å²) in [5.74, 6) is -0.347. The molecule has 0 aromatic heterocycles. The van der Waals surface area contributed by atoms with Gasteiger partial charge in [-0.15, -0.1) is 0 Å². The lowest BCUT2D eigenvalue weighted by molar-refractivity contribution is -0.140. The summed E-state index contributed by atoms with van der Waals surface area (Å²) in [5, 5.41) is 12.4. The van der Waals surface area contributed by atoms with E-state index in [-0.39, 0.29) is 18.9 Å². The van der Waals surface area contributed by atoms with Crippen LogP contribution in [0.25, 0.3) is 0 Å². The van der Waals surface area contributed by atoms with Gasteiger partial charge in [0.15, 0.2) is 5.78 Å². The molecule has 2 aromatic carbocycles. The molecule has 2 aromatic rings. The van der Waals surface area contributed by atoms with Crippen molar-refractivity contribution < 1.29 is 33.7 Å².